The van der Waals surface area contributed by atoms with Crippen molar-refractivity contribution in [3.63, 3.8) is 0 Å². The van der Waals surface area contributed by atoms with E-state index in [9.17, 15) is 9.59 Å². The van der Waals surface area contributed by atoms with Crippen LogP contribution in [0.4, 0.5) is 4.79 Å². The summed E-state index contributed by atoms with van der Waals surface area (Å²) in [5, 5.41) is 3.58. The van der Waals surface area contributed by atoms with Gasteiger partial charge in [0.25, 0.3) is 5.91 Å². The van der Waals surface area contributed by atoms with E-state index in [0.29, 0.717) is 29.8 Å². The Hall–Kier alpha value is -1.95. The summed E-state index contributed by atoms with van der Waals surface area (Å²) in [5.41, 5.74) is 0. The van der Waals surface area contributed by atoms with Crippen LogP contribution in [0, 0.1) is 11.8 Å². The number of hydrogen-bond donors (Lipinski definition) is 1. The molecule has 3 amide bonds. The Labute approximate surface area is 154 Å². The Bertz CT molecular complexity index is 621. The number of amides is 3. The van der Waals surface area contributed by atoms with Crippen molar-refractivity contribution in [2.45, 2.75) is 19.9 Å². The minimum absolute atomic E-state index is 0.0422. The van der Waals surface area contributed by atoms with Crippen molar-refractivity contribution in [2.24, 2.45) is 11.8 Å². The highest BCUT2D eigenvalue weighted by molar-refractivity contribution is 6.30. The van der Waals surface area contributed by atoms with E-state index < -0.39 is 0 Å². The van der Waals surface area contributed by atoms with Crippen molar-refractivity contribution in [1.29, 1.82) is 0 Å². The zero-order chi connectivity index (χ0) is 18.6. The standard InChI is InChI=1S/C18H26ClN3O3/c1-12(2)15-9-22(10-16(15)20-18(24)21(3)4)17(23)11-25-14-7-5-6-13(19)8-14/h5-8,12,15-16H,9-11H2,1-4H3,(H,20,24)/t15-,16+/m0/s1. The van der Waals surface area contributed by atoms with E-state index in [-0.39, 0.29) is 30.5 Å². The molecule has 2 atom stereocenters. The van der Waals surface area contributed by atoms with Gasteiger partial charge in [-0.2, -0.15) is 0 Å². The van der Waals surface area contributed by atoms with E-state index in [2.05, 4.69) is 19.2 Å². The van der Waals surface area contributed by atoms with Crippen LogP contribution in [0.2, 0.25) is 5.02 Å². The van der Waals surface area contributed by atoms with Gasteiger partial charge in [-0.1, -0.05) is 31.5 Å². The molecular weight excluding hydrogens is 342 g/mol. The van der Waals surface area contributed by atoms with Crippen LogP contribution in [-0.4, -0.2) is 61.6 Å². The van der Waals surface area contributed by atoms with Crippen LogP contribution in [0.5, 0.6) is 5.75 Å². The number of likely N-dealkylation sites (tertiary alicyclic amines) is 1. The number of ether oxygens (including phenoxy) is 1. The van der Waals surface area contributed by atoms with Crippen LogP contribution in [0.25, 0.3) is 0 Å². The fraction of sp³-hybridized carbons (Fsp3) is 0.556. The Balaban J connectivity index is 1.94. The molecule has 25 heavy (non-hydrogen) atoms. The summed E-state index contributed by atoms with van der Waals surface area (Å²) in [6.07, 6.45) is 0. The first-order chi connectivity index (χ1) is 11.8. The predicted molar refractivity (Wildman–Crippen MR) is 97.9 cm³/mol. The van der Waals surface area contributed by atoms with E-state index in [1.54, 1.807) is 43.3 Å². The van der Waals surface area contributed by atoms with Gasteiger partial charge < -0.3 is 19.9 Å². The second-order valence-electron chi connectivity index (χ2n) is 6.90. The van der Waals surface area contributed by atoms with Gasteiger partial charge in [-0.15, -0.1) is 0 Å². The molecule has 0 radical (unpaired) electrons. The molecule has 0 aliphatic carbocycles. The number of carbonyl (C=O) groups excluding carboxylic acids is 2. The van der Waals surface area contributed by atoms with E-state index in [1.165, 1.54) is 4.90 Å². The molecule has 6 nitrogen and oxygen atoms in total. The molecule has 1 aromatic carbocycles. The maximum Gasteiger partial charge on any atom is 0.317 e. The van der Waals surface area contributed by atoms with Crippen molar-refractivity contribution < 1.29 is 14.3 Å². The van der Waals surface area contributed by atoms with Crippen LogP contribution in [0.15, 0.2) is 24.3 Å². The van der Waals surface area contributed by atoms with Gasteiger partial charge in [-0.3, -0.25) is 4.79 Å². The third-order valence-corrected chi connectivity index (χ3v) is 4.68. The summed E-state index contributed by atoms with van der Waals surface area (Å²) >= 11 is 5.91. The maximum atomic E-state index is 12.5. The molecule has 0 spiro atoms. The highest BCUT2D eigenvalue weighted by Crippen LogP contribution is 2.25. The SMILES string of the molecule is CC(C)[C@@H]1CN(C(=O)COc2cccc(Cl)c2)C[C@H]1NC(=O)N(C)C. The summed E-state index contributed by atoms with van der Waals surface area (Å²) in [5.74, 6) is 1.06. The zero-order valence-corrected chi connectivity index (χ0v) is 15.9. The van der Waals surface area contributed by atoms with Crippen LogP contribution in [-0.2, 0) is 4.79 Å². The number of nitrogens with zero attached hydrogens (tertiary/aromatic N) is 2. The van der Waals surface area contributed by atoms with Crippen LogP contribution in [0.1, 0.15) is 13.8 Å². The van der Waals surface area contributed by atoms with Crippen LogP contribution in [0.3, 0.4) is 0 Å². The lowest BCUT2D eigenvalue weighted by molar-refractivity contribution is -0.132. The first-order valence-corrected chi connectivity index (χ1v) is 8.79. The highest BCUT2D eigenvalue weighted by atomic mass is 35.5. The number of rotatable bonds is 5. The molecule has 0 saturated carbocycles. The smallest absolute Gasteiger partial charge is 0.317 e. The monoisotopic (exact) mass is 367 g/mol. The quantitative estimate of drug-likeness (QED) is 0.869. The molecule has 0 bridgehead atoms. The van der Waals surface area contributed by atoms with Gasteiger partial charge >= 0.3 is 6.03 Å². The molecule has 0 unspecified atom stereocenters. The molecule has 0 aromatic heterocycles. The van der Waals surface area contributed by atoms with Crippen molar-refractivity contribution in [3.8, 4) is 5.75 Å². The van der Waals surface area contributed by atoms with Crippen LogP contribution < -0.4 is 10.1 Å². The number of hydrogen-bond acceptors (Lipinski definition) is 3. The second kappa shape index (κ2) is 8.43. The lowest BCUT2D eigenvalue weighted by Gasteiger charge is -2.24. The molecule has 138 valence electrons. The Kier molecular flexibility index (Phi) is 6.53. The van der Waals surface area contributed by atoms with Crippen molar-refractivity contribution in [2.75, 3.05) is 33.8 Å². The molecule has 1 fully saturated rings. The summed E-state index contributed by atoms with van der Waals surface area (Å²) in [4.78, 5) is 27.7. The van der Waals surface area contributed by atoms with Crippen molar-refractivity contribution in [1.82, 2.24) is 15.1 Å². The molecule has 7 heteroatoms. The molecule has 1 N–H and O–H groups in total. The molecule has 1 aliphatic rings. The van der Waals surface area contributed by atoms with Crippen molar-refractivity contribution in [3.05, 3.63) is 29.3 Å². The number of urea groups is 1. The van der Waals surface area contributed by atoms with E-state index in [0.717, 1.165) is 0 Å². The fourth-order valence-corrected chi connectivity index (χ4v) is 3.12. The number of carbonyl (C=O) groups is 2. The summed E-state index contributed by atoms with van der Waals surface area (Å²) in [6.45, 7) is 5.29. The number of halogens is 1. The van der Waals surface area contributed by atoms with E-state index >= 15 is 0 Å². The Morgan fingerprint density at radius 1 is 1.36 bits per heavy atom. The van der Waals surface area contributed by atoms with E-state index in [4.69, 9.17) is 16.3 Å². The summed E-state index contributed by atoms with van der Waals surface area (Å²) < 4.78 is 5.54. The topological polar surface area (TPSA) is 61.9 Å². The van der Waals surface area contributed by atoms with Crippen LogP contribution >= 0.6 is 11.6 Å². The van der Waals surface area contributed by atoms with Gasteiger partial charge in [-0.05, 0) is 24.1 Å². The average Bonchev–Trinajstić information content (AvgIpc) is 2.96. The second-order valence-corrected chi connectivity index (χ2v) is 7.34. The normalized spacial score (nSPS) is 19.8. The molecule has 1 aromatic rings. The van der Waals surface area contributed by atoms with Crippen molar-refractivity contribution >= 4 is 23.5 Å². The van der Waals surface area contributed by atoms with Gasteiger partial charge in [0.1, 0.15) is 5.75 Å². The molecule has 1 aliphatic heterocycles. The maximum absolute atomic E-state index is 12.5. The first kappa shape index (κ1) is 19.4. The third-order valence-electron chi connectivity index (χ3n) is 4.45. The molecular formula is C18H26ClN3O3. The molecule has 2 rings (SSSR count). The molecule has 1 heterocycles. The summed E-state index contributed by atoms with van der Waals surface area (Å²) in [6, 6.07) is 6.78. The Morgan fingerprint density at radius 3 is 2.68 bits per heavy atom. The van der Waals surface area contributed by atoms with Gasteiger partial charge in [0, 0.05) is 38.1 Å². The highest BCUT2D eigenvalue weighted by Gasteiger charge is 2.37. The van der Waals surface area contributed by atoms with Gasteiger partial charge in [0.05, 0.1) is 6.04 Å². The van der Waals surface area contributed by atoms with Gasteiger partial charge in [0.15, 0.2) is 6.61 Å². The predicted octanol–water partition coefficient (Wildman–Crippen LogP) is 2.47. The number of nitrogens with one attached hydrogen (secondary N) is 1. The lowest BCUT2D eigenvalue weighted by Crippen LogP contribution is -2.46. The minimum Gasteiger partial charge on any atom is -0.484 e. The Morgan fingerprint density at radius 2 is 2.08 bits per heavy atom. The average molecular weight is 368 g/mol. The first-order valence-electron chi connectivity index (χ1n) is 8.42. The molecule has 1 saturated heterocycles. The number of benzene rings is 1. The van der Waals surface area contributed by atoms with Gasteiger partial charge in [0.2, 0.25) is 0 Å². The minimum atomic E-state index is -0.139. The largest absolute Gasteiger partial charge is 0.484 e. The van der Waals surface area contributed by atoms with E-state index in [1.807, 2.05) is 0 Å². The fourth-order valence-electron chi connectivity index (χ4n) is 2.94. The van der Waals surface area contributed by atoms with Gasteiger partial charge in [-0.25, -0.2) is 4.79 Å². The lowest BCUT2D eigenvalue weighted by atomic mass is 9.91. The summed E-state index contributed by atoms with van der Waals surface area (Å²) in [7, 11) is 3.41. The zero-order valence-electron chi connectivity index (χ0n) is 15.2. The third kappa shape index (κ3) is 5.26.